The average molecular weight is 299 g/mol. The summed E-state index contributed by atoms with van der Waals surface area (Å²) in [4.78, 5) is 0. The number of nitrogens with one attached hydrogen (secondary N) is 2. The first-order valence-corrected chi connectivity index (χ1v) is 7.08. The van der Waals surface area contributed by atoms with E-state index < -0.39 is 0 Å². The monoisotopic (exact) mass is 298 g/mol. The molecule has 0 unspecified atom stereocenters. The van der Waals surface area contributed by atoms with Crippen molar-refractivity contribution in [2.75, 3.05) is 13.1 Å². The average Bonchev–Trinajstić information content (AvgIpc) is 2.28. The van der Waals surface area contributed by atoms with E-state index in [1.165, 1.54) is 38.8 Å². The van der Waals surface area contributed by atoms with Gasteiger partial charge in [0.25, 0.3) is 0 Å². The molecule has 0 amide bonds. The zero-order chi connectivity index (χ0) is 12.0. The SMILES string of the molecule is C[C@@H]1CCCN[C@@H]1C.C[C@@H]1NCCC[C@@H]1C.Cl.Cl. The Kier molecular flexibility index (Phi) is 13.1. The highest BCUT2D eigenvalue weighted by atomic mass is 35.5. The van der Waals surface area contributed by atoms with Crippen LogP contribution in [0.3, 0.4) is 0 Å². The number of hydrogen-bond acceptors (Lipinski definition) is 2. The molecule has 0 aromatic heterocycles. The third-order valence-corrected chi connectivity index (χ3v) is 4.31. The summed E-state index contributed by atoms with van der Waals surface area (Å²) in [5.41, 5.74) is 0. The number of hydrogen-bond donors (Lipinski definition) is 2. The van der Waals surface area contributed by atoms with Crippen molar-refractivity contribution in [1.82, 2.24) is 10.6 Å². The molecule has 4 atom stereocenters. The number of rotatable bonds is 0. The van der Waals surface area contributed by atoms with Crippen molar-refractivity contribution in [2.24, 2.45) is 11.8 Å². The molecule has 0 aromatic carbocycles. The van der Waals surface area contributed by atoms with Gasteiger partial charge >= 0.3 is 0 Å². The summed E-state index contributed by atoms with van der Waals surface area (Å²) in [6.45, 7) is 11.6. The Hall–Kier alpha value is 0.500. The molecule has 18 heavy (non-hydrogen) atoms. The predicted molar refractivity (Wildman–Crippen MR) is 86.2 cm³/mol. The van der Waals surface area contributed by atoms with E-state index in [0.29, 0.717) is 0 Å². The van der Waals surface area contributed by atoms with E-state index in [9.17, 15) is 0 Å². The summed E-state index contributed by atoms with van der Waals surface area (Å²) < 4.78 is 0. The van der Waals surface area contributed by atoms with Crippen molar-refractivity contribution in [3.8, 4) is 0 Å². The second-order valence-electron chi connectivity index (χ2n) is 5.72. The lowest BCUT2D eigenvalue weighted by Gasteiger charge is -2.26. The minimum atomic E-state index is 0. The second-order valence-corrected chi connectivity index (χ2v) is 5.72. The minimum Gasteiger partial charge on any atom is -0.314 e. The Morgan fingerprint density at radius 3 is 1.17 bits per heavy atom. The van der Waals surface area contributed by atoms with E-state index in [-0.39, 0.29) is 24.8 Å². The number of piperidine rings is 2. The van der Waals surface area contributed by atoms with Crippen LogP contribution in [0.25, 0.3) is 0 Å². The van der Waals surface area contributed by atoms with Crippen LogP contribution in [0.1, 0.15) is 53.4 Å². The molecular weight excluding hydrogens is 267 g/mol. The van der Waals surface area contributed by atoms with E-state index in [1.54, 1.807) is 0 Å². The van der Waals surface area contributed by atoms with Gasteiger partial charge in [-0.3, -0.25) is 0 Å². The van der Waals surface area contributed by atoms with Crippen LogP contribution in [0.15, 0.2) is 0 Å². The van der Waals surface area contributed by atoms with Crippen LogP contribution in [-0.4, -0.2) is 25.2 Å². The van der Waals surface area contributed by atoms with Gasteiger partial charge in [-0.05, 0) is 64.5 Å². The zero-order valence-corrected chi connectivity index (χ0v) is 14.0. The molecule has 2 nitrogen and oxygen atoms in total. The molecule has 0 bridgehead atoms. The van der Waals surface area contributed by atoms with Gasteiger partial charge in [-0.15, -0.1) is 24.8 Å². The van der Waals surface area contributed by atoms with Crippen LogP contribution in [0, 0.1) is 11.8 Å². The largest absolute Gasteiger partial charge is 0.314 e. The quantitative estimate of drug-likeness (QED) is 0.714. The van der Waals surface area contributed by atoms with Crippen molar-refractivity contribution in [2.45, 2.75) is 65.5 Å². The maximum atomic E-state index is 3.43. The van der Waals surface area contributed by atoms with Crippen molar-refractivity contribution in [3.63, 3.8) is 0 Å². The first kappa shape index (κ1) is 20.8. The van der Waals surface area contributed by atoms with Gasteiger partial charge in [0.1, 0.15) is 0 Å². The van der Waals surface area contributed by atoms with Crippen molar-refractivity contribution < 1.29 is 0 Å². The Balaban J connectivity index is 0. The van der Waals surface area contributed by atoms with Crippen LogP contribution in [0.2, 0.25) is 0 Å². The van der Waals surface area contributed by atoms with Crippen LogP contribution in [-0.2, 0) is 0 Å². The maximum Gasteiger partial charge on any atom is 0.00643 e. The number of halogens is 2. The van der Waals surface area contributed by atoms with Crippen LogP contribution in [0.4, 0.5) is 0 Å². The zero-order valence-electron chi connectivity index (χ0n) is 12.4. The van der Waals surface area contributed by atoms with Crippen LogP contribution in [0.5, 0.6) is 0 Å². The van der Waals surface area contributed by atoms with Gasteiger partial charge in [0, 0.05) is 12.1 Å². The summed E-state index contributed by atoms with van der Waals surface area (Å²) in [7, 11) is 0. The summed E-state index contributed by atoms with van der Waals surface area (Å²) in [6, 6.07) is 1.51. The molecule has 0 aromatic rings. The maximum absolute atomic E-state index is 3.43. The fraction of sp³-hybridized carbons (Fsp3) is 1.00. The molecule has 2 fully saturated rings. The van der Waals surface area contributed by atoms with E-state index in [1.807, 2.05) is 0 Å². The Morgan fingerprint density at radius 2 is 1.00 bits per heavy atom. The topological polar surface area (TPSA) is 24.1 Å². The van der Waals surface area contributed by atoms with E-state index in [2.05, 4.69) is 38.3 Å². The van der Waals surface area contributed by atoms with Crippen LogP contribution < -0.4 is 10.6 Å². The normalized spacial score (nSPS) is 35.3. The first-order valence-electron chi connectivity index (χ1n) is 7.08. The molecule has 0 radical (unpaired) electrons. The first-order chi connectivity index (χ1) is 7.61. The van der Waals surface area contributed by atoms with E-state index in [4.69, 9.17) is 0 Å². The Bertz CT molecular complexity index is 151. The summed E-state index contributed by atoms with van der Waals surface area (Å²) in [6.07, 6.45) is 5.55. The van der Waals surface area contributed by atoms with Gasteiger partial charge in [-0.2, -0.15) is 0 Å². The molecule has 112 valence electrons. The molecule has 2 heterocycles. The molecule has 2 aliphatic rings. The van der Waals surface area contributed by atoms with E-state index >= 15 is 0 Å². The lowest BCUT2D eigenvalue weighted by molar-refractivity contribution is 0.319. The Labute approximate surface area is 126 Å². The molecule has 2 saturated heterocycles. The lowest BCUT2D eigenvalue weighted by Crippen LogP contribution is -2.37. The van der Waals surface area contributed by atoms with Gasteiger partial charge in [-0.1, -0.05) is 13.8 Å². The van der Waals surface area contributed by atoms with Crippen molar-refractivity contribution in [1.29, 1.82) is 0 Å². The van der Waals surface area contributed by atoms with Gasteiger partial charge < -0.3 is 10.6 Å². The summed E-state index contributed by atoms with van der Waals surface area (Å²) >= 11 is 0. The predicted octanol–water partition coefficient (Wildman–Crippen LogP) is 3.63. The molecule has 2 rings (SSSR count). The highest BCUT2D eigenvalue weighted by Crippen LogP contribution is 2.14. The van der Waals surface area contributed by atoms with Crippen molar-refractivity contribution >= 4 is 24.8 Å². The summed E-state index contributed by atoms with van der Waals surface area (Å²) in [5, 5.41) is 6.86. The molecule has 0 spiro atoms. The third kappa shape index (κ3) is 7.83. The molecule has 2 aliphatic heterocycles. The van der Waals surface area contributed by atoms with Gasteiger partial charge in [-0.25, -0.2) is 0 Å². The standard InChI is InChI=1S/2C7H15N.2ClH/c2*1-6-4-3-5-8-7(6)2;;/h2*6-8H,3-5H2,1-2H3;2*1H/t2*6-,7-;;/m10../s1. The lowest BCUT2D eigenvalue weighted by atomic mass is 9.94. The van der Waals surface area contributed by atoms with Crippen LogP contribution >= 0.6 is 24.8 Å². The van der Waals surface area contributed by atoms with Crippen molar-refractivity contribution in [3.05, 3.63) is 0 Å². The molecule has 0 aliphatic carbocycles. The highest BCUT2D eigenvalue weighted by Gasteiger charge is 2.15. The fourth-order valence-electron chi connectivity index (χ4n) is 2.41. The Morgan fingerprint density at radius 1 is 0.667 bits per heavy atom. The summed E-state index contributed by atoms with van der Waals surface area (Å²) in [5.74, 6) is 1.78. The smallest absolute Gasteiger partial charge is 0.00643 e. The fourth-order valence-corrected chi connectivity index (χ4v) is 2.41. The second kappa shape index (κ2) is 11.3. The van der Waals surface area contributed by atoms with Gasteiger partial charge in [0.05, 0.1) is 0 Å². The minimum absolute atomic E-state index is 0. The molecular formula is C14H32Cl2N2. The van der Waals surface area contributed by atoms with Gasteiger partial charge in [0.15, 0.2) is 0 Å². The van der Waals surface area contributed by atoms with Gasteiger partial charge in [0.2, 0.25) is 0 Å². The third-order valence-electron chi connectivity index (χ3n) is 4.31. The van der Waals surface area contributed by atoms with E-state index in [0.717, 1.165) is 23.9 Å². The highest BCUT2D eigenvalue weighted by molar-refractivity contribution is 5.85. The molecule has 0 saturated carbocycles. The molecule has 2 N–H and O–H groups in total. The molecule has 4 heteroatoms.